The molecule has 0 radical (unpaired) electrons. The average Bonchev–Trinajstić information content (AvgIpc) is 2.39. The van der Waals surface area contributed by atoms with Crippen molar-refractivity contribution in [1.29, 1.82) is 0 Å². The Bertz CT molecular complexity index is 506. The number of ether oxygens (including phenoxy) is 2. The van der Waals surface area contributed by atoms with Gasteiger partial charge in [0, 0.05) is 0 Å². The van der Waals surface area contributed by atoms with E-state index < -0.39 is 57.8 Å². The average molecular weight is 378 g/mol. The van der Waals surface area contributed by atoms with Crippen LogP contribution in [0.1, 0.15) is 0 Å². The molecule has 0 fully saturated rings. The SMILES string of the molecule is O=C(OCCOC(=O)C(F)(F)S(=O)(=O)O)C(F)(F)SOOO. The Morgan fingerprint density at radius 1 is 1.05 bits per heavy atom. The predicted octanol–water partition coefficient (Wildman–Crippen LogP) is 0.216. The predicted molar refractivity (Wildman–Crippen MR) is 55.8 cm³/mol. The number of esters is 2. The van der Waals surface area contributed by atoms with Crippen LogP contribution in [0.25, 0.3) is 0 Å². The number of hydrogen-bond acceptors (Lipinski definition) is 10. The summed E-state index contributed by atoms with van der Waals surface area (Å²) >= 11 is -0.961. The molecule has 0 aliphatic carbocycles. The lowest BCUT2D eigenvalue weighted by Crippen LogP contribution is -2.39. The van der Waals surface area contributed by atoms with E-state index >= 15 is 0 Å². The molecule has 16 heteroatoms. The van der Waals surface area contributed by atoms with Gasteiger partial charge in [0.1, 0.15) is 25.3 Å². The minimum atomic E-state index is -6.08. The maximum absolute atomic E-state index is 12.8. The van der Waals surface area contributed by atoms with Crippen molar-refractivity contribution in [2.75, 3.05) is 13.2 Å². The first-order chi connectivity index (χ1) is 9.86. The van der Waals surface area contributed by atoms with Crippen molar-refractivity contribution < 1.29 is 64.2 Å². The summed E-state index contributed by atoms with van der Waals surface area (Å²) in [5, 5.41) is 0.767. The van der Waals surface area contributed by atoms with Gasteiger partial charge in [-0.25, -0.2) is 14.8 Å². The third-order valence-electron chi connectivity index (χ3n) is 1.52. The third-order valence-corrected chi connectivity index (χ3v) is 2.84. The van der Waals surface area contributed by atoms with Crippen LogP contribution < -0.4 is 0 Å². The fourth-order valence-corrected chi connectivity index (χ4v) is 1.15. The van der Waals surface area contributed by atoms with Crippen LogP contribution in [0.4, 0.5) is 17.6 Å². The van der Waals surface area contributed by atoms with E-state index in [9.17, 15) is 35.6 Å². The smallest absolute Gasteiger partial charge is 0.457 e. The molecule has 10 nitrogen and oxygen atoms in total. The topological polar surface area (TPSA) is 146 Å². The summed E-state index contributed by atoms with van der Waals surface area (Å²) in [6, 6.07) is 0. The molecular formula is C6H6F4O10S2. The molecule has 0 amide bonds. The molecule has 22 heavy (non-hydrogen) atoms. The highest BCUT2D eigenvalue weighted by atomic mass is 32.2. The molecule has 0 aromatic carbocycles. The maximum Gasteiger partial charge on any atom is 0.465 e. The number of carbonyl (C=O) groups excluding carboxylic acids is 2. The molecule has 0 rings (SSSR count). The van der Waals surface area contributed by atoms with E-state index in [0.717, 1.165) is 0 Å². The summed E-state index contributed by atoms with van der Waals surface area (Å²) in [4.78, 5) is 21.4. The Labute approximate surface area is 123 Å². The zero-order valence-electron chi connectivity index (χ0n) is 9.90. The normalized spacial score (nSPS) is 12.8. The first kappa shape index (κ1) is 20.8. The summed E-state index contributed by atoms with van der Waals surface area (Å²) < 4.78 is 89.8. The van der Waals surface area contributed by atoms with E-state index in [1.54, 1.807) is 0 Å². The number of rotatable bonds is 9. The Morgan fingerprint density at radius 3 is 1.91 bits per heavy atom. The third kappa shape index (κ3) is 5.89. The molecule has 0 spiro atoms. The Morgan fingerprint density at radius 2 is 1.50 bits per heavy atom. The quantitative estimate of drug-likeness (QED) is 0.108. The van der Waals surface area contributed by atoms with Crippen molar-refractivity contribution in [2.45, 2.75) is 10.5 Å². The lowest BCUT2D eigenvalue weighted by atomic mass is 10.6. The van der Waals surface area contributed by atoms with E-state index in [2.05, 4.69) is 18.8 Å². The molecule has 0 atom stereocenters. The lowest BCUT2D eigenvalue weighted by molar-refractivity contribution is -0.433. The zero-order chi connectivity index (χ0) is 17.6. The molecule has 0 aliphatic heterocycles. The second kappa shape index (κ2) is 7.88. The molecule has 0 aromatic rings. The summed E-state index contributed by atoms with van der Waals surface area (Å²) in [6.07, 6.45) is 0. The fraction of sp³-hybridized carbons (Fsp3) is 0.667. The standard InChI is InChI=1S/C6H6F4O10S2/c7-5(8,21-20-19-13)3(11)17-1-2-18-4(12)6(9,10)22(14,15)16/h13H,1-2H2,(H,14,15,16). The van der Waals surface area contributed by atoms with Gasteiger partial charge in [-0.1, -0.05) is 5.04 Å². The highest BCUT2D eigenvalue weighted by Crippen LogP contribution is 2.31. The van der Waals surface area contributed by atoms with Crippen LogP contribution in [0, 0.1) is 0 Å². The number of carbonyl (C=O) groups is 2. The summed E-state index contributed by atoms with van der Waals surface area (Å²) in [5.41, 5.74) is 0. The van der Waals surface area contributed by atoms with Crippen LogP contribution in [-0.2, 0) is 38.6 Å². The van der Waals surface area contributed by atoms with Gasteiger partial charge in [0.25, 0.3) is 0 Å². The van der Waals surface area contributed by atoms with Crippen LogP contribution in [-0.4, -0.2) is 53.9 Å². The van der Waals surface area contributed by atoms with Gasteiger partial charge in [-0.15, -0.1) is 4.33 Å². The van der Waals surface area contributed by atoms with E-state index in [1.165, 1.54) is 0 Å². The van der Waals surface area contributed by atoms with E-state index in [4.69, 9.17) is 9.81 Å². The van der Waals surface area contributed by atoms with Gasteiger partial charge in [0.2, 0.25) is 0 Å². The van der Waals surface area contributed by atoms with Gasteiger partial charge in [-0.2, -0.15) is 26.0 Å². The van der Waals surface area contributed by atoms with Crippen LogP contribution in [0.5, 0.6) is 0 Å². The van der Waals surface area contributed by atoms with Gasteiger partial charge in [-0.3, -0.25) is 4.55 Å². The van der Waals surface area contributed by atoms with Gasteiger partial charge < -0.3 is 9.47 Å². The molecule has 130 valence electrons. The van der Waals surface area contributed by atoms with Crippen LogP contribution in [0.2, 0.25) is 0 Å². The van der Waals surface area contributed by atoms with Crippen LogP contribution in [0.3, 0.4) is 0 Å². The Kier molecular flexibility index (Phi) is 7.45. The Hall–Kier alpha value is -1.20. The molecule has 0 bridgehead atoms. The summed E-state index contributed by atoms with van der Waals surface area (Å²) in [7, 11) is -6.08. The summed E-state index contributed by atoms with van der Waals surface area (Å²) in [6.45, 7) is -2.37. The molecule has 2 N–H and O–H groups in total. The van der Waals surface area contributed by atoms with Gasteiger partial charge in [0.05, 0.1) is 0 Å². The molecule has 0 saturated carbocycles. The van der Waals surface area contributed by atoms with E-state index in [-0.39, 0.29) is 0 Å². The lowest BCUT2D eigenvalue weighted by Gasteiger charge is -2.14. The van der Waals surface area contributed by atoms with Crippen LogP contribution >= 0.6 is 12.0 Å². The first-order valence-electron chi connectivity index (χ1n) is 4.59. The second-order valence-electron chi connectivity index (χ2n) is 3.01. The van der Waals surface area contributed by atoms with Crippen molar-refractivity contribution in [3.8, 4) is 0 Å². The largest absolute Gasteiger partial charge is 0.465 e. The second-order valence-corrected chi connectivity index (χ2v) is 5.28. The van der Waals surface area contributed by atoms with Crippen LogP contribution in [0.15, 0.2) is 0 Å². The first-order valence-corrected chi connectivity index (χ1v) is 6.77. The molecule has 0 saturated heterocycles. The Balaban J connectivity index is 4.29. The minimum absolute atomic E-state index is 0.961. The van der Waals surface area contributed by atoms with E-state index in [0.29, 0.717) is 0 Å². The molecule has 0 aromatic heterocycles. The van der Waals surface area contributed by atoms with Gasteiger partial charge >= 0.3 is 32.6 Å². The van der Waals surface area contributed by atoms with E-state index in [1.807, 2.05) is 0 Å². The number of alkyl halides is 4. The van der Waals surface area contributed by atoms with Gasteiger partial charge in [0.15, 0.2) is 0 Å². The maximum atomic E-state index is 12.8. The molecule has 0 aliphatic rings. The van der Waals surface area contributed by atoms with Gasteiger partial charge in [-0.05, 0) is 0 Å². The minimum Gasteiger partial charge on any atom is -0.457 e. The van der Waals surface area contributed by atoms with Crippen molar-refractivity contribution in [2.24, 2.45) is 0 Å². The molecular weight excluding hydrogens is 372 g/mol. The summed E-state index contributed by atoms with van der Waals surface area (Å²) in [5.74, 6) is -4.98. The molecule has 0 unspecified atom stereocenters. The van der Waals surface area contributed by atoms with Crippen molar-refractivity contribution in [3.63, 3.8) is 0 Å². The number of hydrogen-bond donors (Lipinski definition) is 2. The molecule has 0 heterocycles. The van der Waals surface area contributed by atoms with Crippen molar-refractivity contribution in [1.82, 2.24) is 0 Å². The van der Waals surface area contributed by atoms with Crippen molar-refractivity contribution in [3.05, 3.63) is 0 Å². The fourth-order valence-electron chi connectivity index (χ4n) is 0.634. The zero-order valence-corrected chi connectivity index (χ0v) is 11.5. The number of halogens is 4. The highest BCUT2D eigenvalue weighted by molar-refractivity contribution is 7.96. The monoisotopic (exact) mass is 378 g/mol. The van der Waals surface area contributed by atoms with Crippen molar-refractivity contribution >= 4 is 34.1 Å². The highest BCUT2D eigenvalue weighted by Gasteiger charge is 2.54.